The van der Waals surface area contributed by atoms with E-state index in [1.54, 1.807) is 0 Å². The smallest absolute Gasteiger partial charge is 0.323 e. The number of amides is 1. The summed E-state index contributed by atoms with van der Waals surface area (Å²) in [6, 6.07) is 0. The Morgan fingerprint density at radius 3 is 2.44 bits per heavy atom. The molecule has 1 amide bonds. The number of carboxylic acid groups (broad SMARTS) is 1. The molecule has 100 valence electrons. The summed E-state index contributed by atoms with van der Waals surface area (Å²) < 4.78 is 0. The molecule has 1 heterocycles. The van der Waals surface area contributed by atoms with Crippen LogP contribution in [0, 0.1) is 6.92 Å². The molecule has 0 saturated heterocycles. The van der Waals surface area contributed by atoms with Crippen LogP contribution in [0.4, 0.5) is 0 Å². The molecule has 5 nitrogen and oxygen atoms in total. The molecule has 1 rings (SSSR count). The number of hydrogen-bond acceptors (Lipinski definition) is 4. The van der Waals surface area contributed by atoms with Gasteiger partial charge in [-0.25, -0.2) is 4.98 Å². The van der Waals surface area contributed by atoms with Crippen molar-refractivity contribution in [3.05, 3.63) is 16.1 Å². The number of carboxylic acids is 1. The van der Waals surface area contributed by atoms with Crippen molar-refractivity contribution in [1.82, 2.24) is 9.88 Å². The highest BCUT2D eigenvalue weighted by Crippen LogP contribution is 2.16. The third-order valence-corrected chi connectivity index (χ3v) is 3.23. The lowest BCUT2D eigenvalue weighted by Crippen LogP contribution is -2.48. The minimum Gasteiger partial charge on any atom is -0.480 e. The topological polar surface area (TPSA) is 70.5 Å². The molecule has 0 aliphatic rings. The van der Waals surface area contributed by atoms with Crippen molar-refractivity contribution < 1.29 is 14.7 Å². The zero-order valence-corrected chi connectivity index (χ0v) is 11.9. The Morgan fingerprint density at radius 2 is 2.06 bits per heavy atom. The number of carbonyl (C=O) groups is 2. The highest BCUT2D eigenvalue weighted by atomic mass is 32.1. The molecule has 0 radical (unpaired) electrons. The quantitative estimate of drug-likeness (QED) is 0.904. The van der Waals surface area contributed by atoms with Gasteiger partial charge < -0.3 is 10.0 Å². The second-order valence-corrected chi connectivity index (χ2v) is 6.14. The van der Waals surface area contributed by atoms with Crippen LogP contribution in [-0.4, -0.2) is 39.0 Å². The average Bonchev–Trinajstić information content (AvgIpc) is 2.58. The SMILES string of the molecule is Cc1nc(CC(=O)N(CC(=O)O)C(C)(C)C)cs1. The maximum Gasteiger partial charge on any atom is 0.323 e. The van der Waals surface area contributed by atoms with E-state index in [4.69, 9.17) is 5.11 Å². The molecule has 0 atom stereocenters. The minimum atomic E-state index is -1.01. The van der Waals surface area contributed by atoms with E-state index in [0.29, 0.717) is 5.69 Å². The van der Waals surface area contributed by atoms with Crippen LogP contribution in [-0.2, 0) is 16.0 Å². The van der Waals surface area contributed by atoms with Gasteiger partial charge in [0.1, 0.15) is 6.54 Å². The third-order valence-electron chi connectivity index (χ3n) is 2.40. The van der Waals surface area contributed by atoms with Gasteiger partial charge in [0.25, 0.3) is 0 Å². The molecule has 0 aliphatic carbocycles. The predicted molar refractivity (Wildman–Crippen MR) is 69.7 cm³/mol. The van der Waals surface area contributed by atoms with Crippen LogP contribution in [0.15, 0.2) is 5.38 Å². The number of hydrogen-bond donors (Lipinski definition) is 1. The first kappa shape index (κ1) is 14.6. The van der Waals surface area contributed by atoms with Gasteiger partial charge in [0, 0.05) is 10.9 Å². The molecule has 0 aliphatic heterocycles. The molecule has 18 heavy (non-hydrogen) atoms. The van der Waals surface area contributed by atoms with Gasteiger partial charge in [-0.05, 0) is 27.7 Å². The Labute approximate surface area is 110 Å². The van der Waals surface area contributed by atoms with E-state index in [2.05, 4.69) is 4.98 Å². The first-order valence-corrected chi connectivity index (χ1v) is 6.51. The van der Waals surface area contributed by atoms with Crippen LogP contribution in [0.25, 0.3) is 0 Å². The van der Waals surface area contributed by atoms with Gasteiger partial charge in [-0.3, -0.25) is 9.59 Å². The number of thiazole rings is 1. The first-order chi connectivity index (χ1) is 8.20. The zero-order chi connectivity index (χ0) is 13.9. The summed E-state index contributed by atoms with van der Waals surface area (Å²) in [5.41, 5.74) is 0.183. The van der Waals surface area contributed by atoms with E-state index >= 15 is 0 Å². The van der Waals surface area contributed by atoms with Crippen molar-refractivity contribution in [2.24, 2.45) is 0 Å². The van der Waals surface area contributed by atoms with Gasteiger partial charge in [0.05, 0.1) is 17.1 Å². The predicted octanol–water partition coefficient (Wildman–Crippen LogP) is 1.71. The Kier molecular flexibility index (Phi) is 4.45. The van der Waals surface area contributed by atoms with Gasteiger partial charge in [-0.15, -0.1) is 11.3 Å². The summed E-state index contributed by atoms with van der Waals surface area (Å²) in [7, 11) is 0. The van der Waals surface area contributed by atoms with E-state index in [1.807, 2.05) is 33.1 Å². The van der Waals surface area contributed by atoms with E-state index < -0.39 is 11.5 Å². The maximum absolute atomic E-state index is 12.1. The van der Waals surface area contributed by atoms with Crippen LogP contribution in [0.2, 0.25) is 0 Å². The number of aromatic nitrogens is 1. The molecule has 0 bridgehead atoms. The summed E-state index contributed by atoms with van der Waals surface area (Å²) >= 11 is 1.48. The highest BCUT2D eigenvalue weighted by Gasteiger charge is 2.28. The Morgan fingerprint density at radius 1 is 1.44 bits per heavy atom. The molecular weight excluding hydrogens is 252 g/mol. The normalized spacial score (nSPS) is 11.3. The van der Waals surface area contributed by atoms with Gasteiger partial charge in [-0.1, -0.05) is 0 Å². The Hall–Kier alpha value is -1.43. The lowest BCUT2D eigenvalue weighted by Gasteiger charge is -2.34. The molecule has 1 N–H and O–H groups in total. The summed E-state index contributed by atoms with van der Waals surface area (Å²) in [4.78, 5) is 28.5. The largest absolute Gasteiger partial charge is 0.480 e. The monoisotopic (exact) mass is 270 g/mol. The van der Waals surface area contributed by atoms with E-state index in [1.165, 1.54) is 16.2 Å². The summed E-state index contributed by atoms with van der Waals surface area (Å²) in [5, 5.41) is 11.6. The lowest BCUT2D eigenvalue weighted by atomic mass is 10.1. The minimum absolute atomic E-state index is 0.148. The van der Waals surface area contributed by atoms with Crippen molar-refractivity contribution >= 4 is 23.2 Å². The molecule has 1 aromatic heterocycles. The first-order valence-electron chi connectivity index (χ1n) is 5.63. The van der Waals surface area contributed by atoms with Gasteiger partial charge >= 0.3 is 5.97 Å². The van der Waals surface area contributed by atoms with Crippen molar-refractivity contribution in [3.63, 3.8) is 0 Å². The number of carbonyl (C=O) groups excluding carboxylic acids is 1. The fraction of sp³-hybridized carbons (Fsp3) is 0.583. The number of aryl methyl sites for hydroxylation is 1. The fourth-order valence-corrected chi connectivity index (χ4v) is 2.19. The van der Waals surface area contributed by atoms with Gasteiger partial charge in [-0.2, -0.15) is 0 Å². The molecule has 1 aromatic rings. The third kappa shape index (κ3) is 4.10. The lowest BCUT2D eigenvalue weighted by molar-refractivity contribution is -0.147. The van der Waals surface area contributed by atoms with Gasteiger partial charge in [0.15, 0.2) is 0 Å². The number of nitrogens with zero attached hydrogens (tertiary/aromatic N) is 2. The second kappa shape index (κ2) is 5.48. The molecule has 0 saturated carbocycles. The number of aliphatic carboxylic acids is 1. The molecule has 0 aromatic carbocycles. The second-order valence-electron chi connectivity index (χ2n) is 5.08. The maximum atomic E-state index is 12.1. The van der Waals surface area contributed by atoms with Crippen LogP contribution in [0.5, 0.6) is 0 Å². The standard InChI is InChI=1S/C12H18N2O3S/c1-8-13-9(7-18-8)5-10(15)14(6-11(16)17)12(2,3)4/h7H,5-6H2,1-4H3,(H,16,17). The van der Waals surface area contributed by atoms with Crippen LogP contribution >= 0.6 is 11.3 Å². The zero-order valence-electron chi connectivity index (χ0n) is 11.1. The van der Waals surface area contributed by atoms with Crippen molar-refractivity contribution in [2.75, 3.05) is 6.54 Å². The molecule has 0 spiro atoms. The van der Waals surface area contributed by atoms with Crippen molar-refractivity contribution in [2.45, 2.75) is 39.7 Å². The Bertz CT molecular complexity index is 448. The molecule has 6 heteroatoms. The van der Waals surface area contributed by atoms with Crippen LogP contribution < -0.4 is 0 Å². The Balaban J connectivity index is 2.80. The van der Waals surface area contributed by atoms with Crippen LogP contribution in [0.1, 0.15) is 31.5 Å². The summed E-state index contributed by atoms with van der Waals surface area (Å²) in [6.45, 7) is 7.04. The molecule has 0 unspecified atom stereocenters. The summed E-state index contributed by atoms with van der Waals surface area (Å²) in [5.74, 6) is -1.22. The number of rotatable bonds is 4. The fourth-order valence-electron chi connectivity index (χ4n) is 1.57. The van der Waals surface area contributed by atoms with E-state index in [0.717, 1.165) is 5.01 Å². The highest BCUT2D eigenvalue weighted by molar-refractivity contribution is 7.09. The average molecular weight is 270 g/mol. The van der Waals surface area contributed by atoms with Gasteiger partial charge in [0.2, 0.25) is 5.91 Å². The van der Waals surface area contributed by atoms with Crippen LogP contribution in [0.3, 0.4) is 0 Å². The van der Waals surface area contributed by atoms with Crippen molar-refractivity contribution in [3.8, 4) is 0 Å². The summed E-state index contributed by atoms with van der Waals surface area (Å²) in [6.07, 6.45) is 0.148. The molecule has 0 fully saturated rings. The molecular formula is C12H18N2O3S. The van der Waals surface area contributed by atoms with E-state index in [9.17, 15) is 9.59 Å². The van der Waals surface area contributed by atoms with E-state index in [-0.39, 0.29) is 18.9 Å². The van der Waals surface area contributed by atoms with Crippen molar-refractivity contribution in [1.29, 1.82) is 0 Å².